The molecule has 0 unspecified atom stereocenters. The summed E-state index contributed by atoms with van der Waals surface area (Å²) in [6.07, 6.45) is 2.04. The van der Waals surface area contributed by atoms with Crippen molar-refractivity contribution in [3.8, 4) is 11.5 Å². The van der Waals surface area contributed by atoms with Crippen LogP contribution < -0.4 is 9.47 Å². The average Bonchev–Trinajstić information content (AvgIpc) is 2.97. The number of carbonyl (C=O) groups is 2. The second-order valence-corrected chi connectivity index (χ2v) is 8.48. The summed E-state index contributed by atoms with van der Waals surface area (Å²) in [4.78, 5) is 22.7. The Labute approximate surface area is 239 Å². The number of benzene rings is 2. The second kappa shape index (κ2) is 23.9. The smallest absolute Gasteiger partial charge is 0.338 e. The molecular weight excluding hydrogens is 516 g/mol. The summed E-state index contributed by atoms with van der Waals surface area (Å²) in [5, 5.41) is 0. The number of hydrogen-bond donors (Lipinski definition) is 0. The molecule has 0 heterocycles. The monoisotopic (exact) mass is 562 g/mol. The van der Waals surface area contributed by atoms with Gasteiger partial charge in [0.05, 0.1) is 51.8 Å². The van der Waals surface area contributed by atoms with Crippen LogP contribution in [0.3, 0.4) is 0 Å². The lowest BCUT2D eigenvalue weighted by atomic mass is 10.1. The van der Waals surface area contributed by atoms with Crippen molar-refractivity contribution >= 4 is 11.8 Å². The fourth-order valence-electron chi connectivity index (χ4n) is 3.08. The summed E-state index contributed by atoms with van der Waals surface area (Å²) in [6, 6.07) is 14.0. The van der Waals surface area contributed by atoms with Crippen molar-refractivity contribution in [2.45, 2.75) is 40.5 Å². The Hall–Kier alpha value is -2.98. The molecule has 2 rings (SSSR count). The van der Waals surface area contributed by atoms with E-state index in [4.69, 9.17) is 33.2 Å². The van der Waals surface area contributed by atoms with Gasteiger partial charge in [-0.15, -0.1) is 0 Å². The van der Waals surface area contributed by atoms with Crippen molar-refractivity contribution in [2.24, 2.45) is 0 Å². The van der Waals surface area contributed by atoms with E-state index in [-0.39, 0.29) is 11.8 Å². The lowest BCUT2D eigenvalue weighted by Crippen LogP contribution is -2.11. The van der Waals surface area contributed by atoms with Crippen molar-refractivity contribution in [3.63, 3.8) is 0 Å². The molecule has 0 aliphatic carbocycles. The number of esters is 1. The largest absolute Gasteiger partial charge is 0.491 e. The van der Waals surface area contributed by atoms with Crippen molar-refractivity contribution in [2.75, 3.05) is 72.7 Å². The highest BCUT2D eigenvalue weighted by molar-refractivity contribution is 5.94. The molecule has 224 valence electrons. The fourth-order valence-corrected chi connectivity index (χ4v) is 3.08. The molecular formula is C31H46O9. The van der Waals surface area contributed by atoms with Crippen molar-refractivity contribution in [1.29, 1.82) is 0 Å². The molecule has 9 heteroatoms. The van der Waals surface area contributed by atoms with Crippen LogP contribution in [-0.2, 0) is 23.7 Å². The van der Waals surface area contributed by atoms with Crippen molar-refractivity contribution < 1.29 is 42.7 Å². The highest BCUT2D eigenvalue weighted by Gasteiger charge is 2.06. The van der Waals surface area contributed by atoms with E-state index in [0.717, 1.165) is 26.1 Å². The molecule has 0 amide bonds. The van der Waals surface area contributed by atoms with Crippen LogP contribution in [0.25, 0.3) is 0 Å². The molecule has 40 heavy (non-hydrogen) atoms. The molecule has 9 nitrogen and oxygen atoms in total. The maximum Gasteiger partial charge on any atom is 0.338 e. The van der Waals surface area contributed by atoms with E-state index >= 15 is 0 Å². The lowest BCUT2D eigenvalue weighted by Gasteiger charge is -2.08. The molecule has 0 aliphatic rings. The zero-order valence-electron chi connectivity index (χ0n) is 24.5. The Kier molecular flexibility index (Phi) is 20.9. The summed E-state index contributed by atoms with van der Waals surface area (Å²) >= 11 is 0. The Morgan fingerprint density at radius 1 is 0.575 bits per heavy atom. The molecule has 2 aromatic carbocycles. The Balaban J connectivity index is 0.000000402. The zero-order chi connectivity index (χ0) is 29.3. The van der Waals surface area contributed by atoms with Gasteiger partial charge >= 0.3 is 5.97 Å². The number of ketones is 1. The van der Waals surface area contributed by atoms with Gasteiger partial charge in [0.2, 0.25) is 0 Å². The fraction of sp³-hybridized carbons (Fsp3) is 0.548. The maximum absolute atomic E-state index is 11.5. The van der Waals surface area contributed by atoms with E-state index < -0.39 is 0 Å². The molecule has 0 spiro atoms. The first-order valence-corrected chi connectivity index (χ1v) is 14.0. The standard InChI is InChI=1S/C16H24O5.C15H22O4/c1-3-9-18-10-11-19-12-13-21-15-7-5-14(6-8-15)16(17)20-4-2;1-3-7-17-8-9-18-10-11-19-15-6-4-5-14(12-15)13(2)16/h5-8H,3-4,9-13H2,1-2H3;4-6,12H,3,7-11H2,1-2H3. The molecule has 0 aromatic heterocycles. The first-order chi connectivity index (χ1) is 19.5. The maximum atomic E-state index is 11.5. The van der Waals surface area contributed by atoms with Crippen LogP contribution in [0, 0.1) is 0 Å². The molecule has 0 saturated heterocycles. The first-order valence-electron chi connectivity index (χ1n) is 14.0. The normalized spacial score (nSPS) is 10.4. The molecule has 0 radical (unpaired) electrons. The third-order valence-corrected chi connectivity index (χ3v) is 5.04. The number of Topliss-reactive ketones (excluding diaryl/α,β-unsaturated/α-hetero) is 1. The quantitative estimate of drug-likeness (QED) is 0.113. The summed E-state index contributed by atoms with van der Waals surface area (Å²) in [7, 11) is 0. The van der Waals surface area contributed by atoms with Crippen LogP contribution in [0.5, 0.6) is 11.5 Å². The van der Waals surface area contributed by atoms with E-state index in [1.807, 2.05) is 12.1 Å². The van der Waals surface area contributed by atoms with Gasteiger partial charge in [0.25, 0.3) is 0 Å². The van der Waals surface area contributed by atoms with Crippen LogP contribution in [0.1, 0.15) is 61.3 Å². The van der Waals surface area contributed by atoms with Crippen LogP contribution in [0.2, 0.25) is 0 Å². The van der Waals surface area contributed by atoms with E-state index in [0.29, 0.717) is 82.1 Å². The van der Waals surface area contributed by atoms with Crippen LogP contribution >= 0.6 is 0 Å². The molecule has 0 fully saturated rings. The third kappa shape index (κ3) is 17.6. The van der Waals surface area contributed by atoms with Gasteiger partial charge in [-0.25, -0.2) is 4.79 Å². The van der Waals surface area contributed by atoms with Gasteiger partial charge in [-0.05, 0) is 63.1 Å². The van der Waals surface area contributed by atoms with E-state index in [1.54, 1.807) is 50.2 Å². The van der Waals surface area contributed by atoms with Gasteiger partial charge in [-0.3, -0.25) is 4.79 Å². The minimum absolute atomic E-state index is 0.0368. The highest BCUT2D eigenvalue weighted by Crippen LogP contribution is 2.14. The Morgan fingerprint density at radius 2 is 1.07 bits per heavy atom. The van der Waals surface area contributed by atoms with Crippen LogP contribution in [0.15, 0.2) is 48.5 Å². The minimum Gasteiger partial charge on any atom is -0.491 e. The first kappa shape index (κ1) is 35.0. The minimum atomic E-state index is -0.320. The molecule has 0 aliphatic heterocycles. The topological polar surface area (TPSA) is 98.8 Å². The summed E-state index contributed by atoms with van der Waals surface area (Å²) in [5.41, 5.74) is 1.18. The molecule has 0 saturated carbocycles. The third-order valence-electron chi connectivity index (χ3n) is 5.04. The van der Waals surface area contributed by atoms with Crippen molar-refractivity contribution in [1.82, 2.24) is 0 Å². The molecule has 0 bridgehead atoms. The van der Waals surface area contributed by atoms with E-state index in [1.165, 1.54) is 0 Å². The number of rotatable bonds is 21. The predicted octanol–water partition coefficient (Wildman–Crippen LogP) is 5.40. The molecule has 0 atom stereocenters. The van der Waals surface area contributed by atoms with Crippen molar-refractivity contribution in [3.05, 3.63) is 59.7 Å². The van der Waals surface area contributed by atoms with Gasteiger partial charge in [-0.1, -0.05) is 26.0 Å². The van der Waals surface area contributed by atoms with Gasteiger partial charge in [0.15, 0.2) is 5.78 Å². The lowest BCUT2D eigenvalue weighted by molar-refractivity contribution is 0.0366. The second-order valence-electron chi connectivity index (χ2n) is 8.48. The number of ether oxygens (including phenoxy) is 7. The predicted molar refractivity (Wildman–Crippen MR) is 154 cm³/mol. The molecule has 0 N–H and O–H groups in total. The molecule has 2 aromatic rings. The highest BCUT2D eigenvalue weighted by atomic mass is 16.6. The van der Waals surface area contributed by atoms with Gasteiger partial charge in [-0.2, -0.15) is 0 Å². The summed E-state index contributed by atoms with van der Waals surface area (Å²) < 4.78 is 37.2. The average molecular weight is 563 g/mol. The SMILES string of the molecule is CCCOCCOCCOc1ccc(C(=O)OCC)cc1.CCCOCCOCCOc1cccc(C(C)=O)c1. The van der Waals surface area contributed by atoms with Crippen LogP contribution in [0.4, 0.5) is 0 Å². The van der Waals surface area contributed by atoms with Gasteiger partial charge in [0.1, 0.15) is 24.7 Å². The van der Waals surface area contributed by atoms with Gasteiger partial charge in [0, 0.05) is 18.8 Å². The number of carbonyl (C=O) groups excluding carboxylic acids is 2. The van der Waals surface area contributed by atoms with Gasteiger partial charge < -0.3 is 33.2 Å². The van der Waals surface area contributed by atoms with E-state index in [9.17, 15) is 9.59 Å². The summed E-state index contributed by atoms with van der Waals surface area (Å²) in [6.45, 7) is 13.7. The Bertz CT molecular complexity index is 915. The number of hydrogen-bond acceptors (Lipinski definition) is 9. The van der Waals surface area contributed by atoms with E-state index in [2.05, 4.69) is 13.8 Å². The zero-order valence-corrected chi connectivity index (χ0v) is 24.5. The van der Waals surface area contributed by atoms with Crippen LogP contribution in [-0.4, -0.2) is 84.4 Å². The summed E-state index contributed by atoms with van der Waals surface area (Å²) in [5.74, 6) is 1.11. The Morgan fingerprint density at radius 3 is 1.57 bits per heavy atom.